The van der Waals surface area contributed by atoms with E-state index in [1.807, 2.05) is 25.1 Å². The molecular weight excluding hydrogens is 344 g/mol. The number of aromatic nitrogens is 5. The number of likely N-dealkylation sites (N-methyl/N-ethyl adjacent to an activating group) is 1. The second-order valence-corrected chi connectivity index (χ2v) is 5.85. The van der Waals surface area contributed by atoms with Crippen LogP contribution >= 0.6 is 0 Å². The molecule has 8 nitrogen and oxygen atoms in total. The van der Waals surface area contributed by atoms with E-state index in [9.17, 15) is 8.78 Å². The summed E-state index contributed by atoms with van der Waals surface area (Å²) >= 11 is 0. The van der Waals surface area contributed by atoms with Crippen molar-refractivity contribution >= 4 is 11.6 Å². The lowest BCUT2D eigenvalue weighted by Crippen LogP contribution is -2.19. The fraction of sp³-hybridized carbons (Fsp3) is 0.375. The Balaban J connectivity index is 1.71. The Morgan fingerprint density at radius 3 is 2.88 bits per heavy atom. The molecule has 0 aromatic carbocycles. The molecule has 0 aliphatic rings. The van der Waals surface area contributed by atoms with Crippen molar-refractivity contribution in [2.45, 2.75) is 13.0 Å². The molecule has 0 amide bonds. The number of pyridine rings is 1. The van der Waals surface area contributed by atoms with Crippen LogP contribution in [0.1, 0.15) is 17.7 Å². The van der Waals surface area contributed by atoms with E-state index in [0.717, 1.165) is 12.1 Å². The summed E-state index contributed by atoms with van der Waals surface area (Å²) in [6.45, 7) is 1.69. The maximum atomic E-state index is 13.0. The van der Waals surface area contributed by atoms with Gasteiger partial charge in [0, 0.05) is 31.4 Å². The van der Waals surface area contributed by atoms with Gasteiger partial charge < -0.3 is 15.0 Å². The van der Waals surface area contributed by atoms with Crippen LogP contribution in [0.4, 0.5) is 14.6 Å². The molecule has 3 aromatic rings. The second-order valence-electron chi connectivity index (χ2n) is 5.85. The van der Waals surface area contributed by atoms with Gasteiger partial charge in [-0.1, -0.05) is 0 Å². The third kappa shape index (κ3) is 4.39. The summed E-state index contributed by atoms with van der Waals surface area (Å²) in [5.74, 6) is 1.02. The Kier molecular flexibility index (Phi) is 5.52. The summed E-state index contributed by atoms with van der Waals surface area (Å²) in [5, 5.41) is 7.08. The highest BCUT2D eigenvalue weighted by atomic mass is 19.3. The van der Waals surface area contributed by atoms with E-state index >= 15 is 0 Å². The molecular formula is C16H19F2N7O. The maximum Gasteiger partial charge on any atom is 0.280 e. The standard InChI is InChI=1S/C16H19F2N7O/c1-24(2)5-6-26-14-7-11(3-4-19-14)9-20-13-8-12(15(17)18)23-16-21-10-22-25(13)16/h3-4,7-8,10,15,20H,5-6,9H2,1-2H3. The number of rotatable bonds is 8. The van der Waals surface area contributed by atoms with E-state index in [0.29, 0.717) is 24.8 Å². The minimum absolute atomic E-state index is 0.118. The van der Waals surface area contributed by atoms with Crippen LogP contribution in [0.3, 0.4) is 0 Å². The highest BCUT2D eigenvalue weighted by Crippen LogP contribution is 2.21. The van der Waals surface area contributed by atoms with Gasteiger partial charge in [0.25, 0.3) is 12.2 Å². The molecule has 26 heavy (non-hydrogen) atoms. The molecule has 10 heteroatoms. The van der Waals surface area contributed by atoms with Gasteiger partial charge in [0.15, 0.2) is 0 Å². The average molecular weight is 363 g/mol. The summed E-state index contributed by atoms with van der Waals surface area (Å²) in [6.07, 6.45) is 0.227. The summed E-state index contributed by atoms with van der Waals surface area (Å²) in [6, 6.07) is 4.89. The SMILES string of the molecule is CN(C)CCOc1cc(CNc2cc(C(F)F)nc3ncnn23)ccn1. The first-order valence-corrected chi connectivity index (χ1v) is 7.98. The third-order valence-electron chi connectivity index (χ3n) is 3.56. The van der Waals surface area contributed by atoms with Gasteiger partial charge in [-0.2, -0.15) is 14.6 Å². The first kappa shape index (κ1) is 17.9. The lowest BCUT2D eigenvalue weighted by Gasteiger charge is -2.12. The monoisotopic (exact) mass is 363 g/mol. The van der Waals surface area contributed by atoms with Crippen LogP contribution in [0.5, 0.6) is 5.88 Å². The van der Waals surface area contributed by atoms with Gasteiger partial charge in [-0.25, -0.2) is 18.7 Å². The number of alkyl halides is 2. The zero-order valence-electron chi connectivity index (χ0n) is 14.4. The number of nitrogens with one attached hydrogen (secondary N) is 1. The summed E-state index contributed by atoms with van der Waals surface area (Å²) in [5.41, 5.74) is 0.541. The van der Waals surface area contributed by atoms with E-state index in [1.165, 1.54) is 16.9 Å². The van der Waals surface area contributed by atoms with Crippen molar-refractivity contribution in [1.82, 2.24) is 29.5 Å². The Morgan fingerprint density at radius 1 is 1.27 bits per heavy atom. The smallest absolute Gasteiger partial charge is 0.280 e. The molecule has 138 valence electrons. The molecule has 0 aliphatic carbocycles. The van der Waals surface area contributed by atoms with Gasteiger partial charge in [0.05, 0.1) is 0 Å². The Hall–Kier alpha value is -2.88. The van der Waals surface area contributed by atoms with Gasteiger partial charge in [0.1, 0.15) is 24.4 Å². The molecule has 0 atom stereocenters. The number of fused-ring (bicyclic) bond motifs is 1. The predicted octanol–water partition coefficient (Wildman–Crippen LogP) is 2.01. The van der Waals surface area contributed by atoms with E-state index in [1.54, 1.807) is 12.3 Å². The molecule has 0 spiro atoms. The molecule has 3 aromatic heterocycles. The Morgan fingerprint density at radius 2 is 2.12 bits per heavy atom. The number of hydrogen-bond donors (Lipinski definition) is 1. The fourth-order valence-electron chi connectivity index (χ4n) is 2.23. The highest BCUT2D eigenvalue weighted by molar-refractivity contribution is 5.45. The normalized spacial score (nSPS) is 11.5. The average Bonchev–Trinajstić information content (AvgIpc) is 3.08. The van der Waals surface area contributed by atoms with Crippen LogP contribution in [0, 0.1) is 0 Å². The molecule has 0 saturated carbocycles. The van der Waals surface area contributed by atoms with Gasteiger partial charge >= 0.3 is 0 Å². The Bertz CT molecular complexity index is 869. The summed E-state index contributed by atoms with van der Waals surface area (Å²) in [4.78, 5) is 13.8. The number of hydrogen-bond acceptors (Lipinski definition) is 7. The third-order valence-corrected chi connectivity index (χ3v) is 3.56. The fourth-order valence-corrected chi connectivity index (χ4v) is 2.23. The highest BCUT2D eigenvalue weighted by Gasteiger charge is 2.14. The van der Waals surface area contributed by atoms with Crippen LogP contribution < -0.4 is 10.1 Å². The summed E-state index contributed by atoms with van der Waals surface area (Å²) in [7, 11) is 3.93. The van der Waals surface area contributed by atoms with Crippen LogP contribution in [0.15, 0.2) is 30.7 Å². The second kappa shape index (κ2) is 8.00. The van der Waals surface area contributed by atoms with E-state index in [4.69, 9.17) is 4.74 Å². The number of anilines is 1. The molecule has 0 aliphatic heterocycles. The maximum absolute atomic E-state index is 13.0. The lowest BCUT2D eigenvalue weighted by molar-refractivity contribution is 0.146. The molecule has 1 N–H and O–H groups in total. The van der Waals surface area contributed by atoms with E-state index in [2.05, 4.69) is 25.4 Å². The number of nitrogens with zero attached hydrogens (tertiary/aromatic N) is 6. The van der Waals surface area contributed by atoms with Crippen molar-refractivity contribution in [3.8, 4) is 5.88 Å². The van der Waals surface area contributed by atoms with Crippen molar-refractivity contribution in [3.63, 3.8) is 0 Å². The molecule has 0 bridgehead atoms. The molecule has 3 heterocycles. The first-order valence-electron chi connectivity index (χ1n) is 7.98. The van der Waals surface area contributed by atoms with Gasteiger partial charge in [0.2, 0.25) is 5.88 Å². The number of halogens is 2. The van der Waals surface area contributed by atoms with Crippen LogP contribution in [0.25, 0.3) is 5.78 Å². The zero-order chi connectivity index (χ0) is 18.5. The van der Waals surface area contributed by atoms with Crippen molar-refractivity contribution in [2.24, 2.45) is 0 Å². The predicted molar refractivity (Wildman–Crippen MR) is 91.4 cm³/mol. The molecule has 3 rings (SSSR count). The van der Waals surface area contributed by atoms with Gasteiger partial charge in [-0.05, 0) is 25.7 Å². The minimum atomic E-state index is -2.69. The molecule has 0 radical (unpaired) electrons. The molecule has 0 unspecified atom stereocenters. The number of ether oxygens (including phenoxy) is 1. The van der Waals surface area contributed by atoms with Gasteiger partial charge in [-0.3, -0.25) is 0 Å². The molecule has 0 saturated heterocycles. The minimum Gasteiger partial charge on any atom is -0.476 e. The largest absolute Gasteiger partial charge is 0.476 e. The van der Waals surface area contributed by atoms with E-state index in [-0.39, 0.29) is 11.5 Å². The Labute approximate surface area is 148 Å². The van der Waals surface area contributed by atoms with Crippen LogP contribution in [-0.4, -0.2) is 56.7 Å². The van der Waals surface area contributed by atoms with Crippen LogP contribution in [0.2, 0.25) is 0 Å². The quantitative estimate of drug-likeness (QED) is 0.656. The molecule has 0 fully saturated rings. The van der Waals surface area contributed by atoms with Gasteiger partial charge in [-0.15, -0.1) is 0 Å². The van der Waals surface area contributed by atoms with Crippen molar-refractivity contribution in [1.29, 1.82) is 0 Å². The lowest BCUT2D eigenvalue weighted by atomic mass is 10.2. The van der Waals surface area contributed by atoms with Crippen molar-refractivity contribution < 1.29 is 13.5 Å². The van der Waals surface area contributed by atoms with Crippen LogP contribution in [-0.2, 0) is 6.54 Å². The zero-order valence-corrected chi connectivity index (χ0v) is 14.4. The van der Waals surface area contributed by atoms with Crippen molar-refractivity contribution in [2.75, 3.05) is 32.6 Å². The first-order chi connectivity index (χ1) is 12.5. The van der Waals surface area contributed by atoms with Crippen molar-refractivity contribution in [3.05, 3.63) is 42.0 Å². The summed E-state index contributed by atoms with van der Waals surface area (Å²) < 4.78 is 33.0. The van der Waals surface area contributed by atoms with E-state index < -0.39 is 6.43 Å². The topological polar surface area (TPSA) is 80.5 Å².